The van der Waals surface area contributed by atoms with Crippen molar-refractivity contribution < 1.29 is 31.1 Å². The number of pyridine rings is 1. The van der Waals surface area contributed by atoms with Gasteiger partial charge in [-0.2, -0.15) is 0 Å². The molecule has 12 nitrogen and oxygen atoms in total. The average Bonchev–Trinajstić information content (AvgIpc) is 3.93. The molecule has 6 heterocycles. The van der Waals surface area contributed by atoms with Crippen molar-refractivity contribution in [2.45, 2.75) is 51.6 Å². The van der Waals surface area contributed by atoms with Gasteiger partial charge >= 0.3 is 6.36 Å². The number of thiophene rings is 1. The summed E-state index contributed by atoms with van der Waals surface area (Å²) >= 11 is 7.77. The quantitative estimate of drug-likeness (QED) is 0.129. The molecule has 0 saturated carbocycles. The predicted molar refractivity (Wildman–Crippen MR) is 247 cm³/mol. The summed E-state index contributed by atoms with van der Waals surface area (Å²) in [5.74, 6) is 1.21. The van der Waals surface area contributed by atoms with E-state index in [1.54, 1.807) is 52.5 Å². The Kier molecular flexibility index (Phi) is 13.6. The fraction of sp³-hybridized carbons (Fsp3) is 0.304. The summed E-state index contributed by atoms with van der Waals surface area (Å²) in [6.45, 7) is 5.85. The fourth-order valence-electron chi connectivity index (χ4n) is 7.95. The maximum Gasteiger partial charge on any atom is 0.573 e. The lowest BCUT2D eigenvalue weighted by molar-refractivity contribution is -0.274. The first-order chi connectivity index (χ1) is 30.8. The number of hydrogen-bond acceptors (Lipinski definition) is 11. The third kappa shape index (κ3) is 11.1. The molecule has 3 aromatic carbocycles. The number of benzene rings is 3. The van der Waals surface area contributed by atoms with Crippen molar-refractivity contribution in [2.24, 2.45) is 0 Å². The van der Waals surface area contributed by atoms with E-state index in [9.17, 15) is 26.4 Å². The molecule has 2 fully saturated rings. The fourth-order valence-corrected chi connectivity index (χ4v) is 10.1. The third-order valence-electron chi connectivity index (χ3n) is 11.4. The number of carbonyl (C=O) groups is 1. The van der Waals surface area contributed by atoms with Crippen LogP contribution in [0.1, 0.15) is 58.6 Å². The van der Waals surface area contributed by atoms with Crippen LogP contribution in [0.3, 0.4) is 0 Å². The number of aromatic nitrogens is 4. The average molecular weight is 932 g/mol. The van der Waals surface area contributed by atoms with Crippen LogP contribution < -0.4 is 25.2 Å². The van der Waals surface area contributed by atoms with Crippen molar-refractivity contribution in [1.82, 2.24) is 24.7 Å². The summed E-state index contributed by atoms with van der Waals surface area (Å²) in [4.78, 5) is 30.6. The first-order valence-corrected chi connectivity index (χ1v) is 24.0. The van der Waals surface area contributed by atoms with E-state index < -0.39 is 16.2 Å². The molecule has 2 saturated heterocycles. The van der Waals surface area contributed by atoms with Crippen LogP contribution >= 0.6 is 22.9 Å². The number of aryl methyl sites for hydroxylation is 1. The van der Waals surface area contributed by atoms with E-state index in [1.165, 1.54) is 12.1 Å². The smallest absolute Gasteiger partial charge is 0.406 e. The topological polar surface area (TPSA) is 134 Å². The molecule has 2 N–H and O–H groups in total. The Morgan fingerprint density at radius 2 is 1.48 bits per heavy atom. The Balaban J connectivity index is 0.000000192. The number of imidazole rings is 1. The molecule has 0 radical (unpaired) electrons. The van der Waals surface area contributed by atoms with Gasteiger partial charge in [-0.1, -0.05) is 54.9 Å². The summed E-state index contributed by atoms with van der Waals surface area (Å²) in [5, 5.41) is 8.91. The summed E-state index contributed by atoms with van der Waals surface area (Å²) in [5.41, 5.74) is 8.18. The van der Waals surface area contributed by atoms with E-state index in [0.717, 1.165) is 75.7 Å². The zero-order chi connectivity index (χ0) is 44.8. The number of alkyl halides is 3. The number of rotatable bonds is 11. The maximum atomic E-state index is 13.0. The van der Waals surface area contributed by atoms with Gasteiger partial charge in [0.15, 0.2) is 9.84 Å². The molecule has 0 bridgehead atoms. The molecule has 2 aliphatic rings. The molecule has 334 valence electrons. The second kappa shape index (κ2) is 19.5. The number of sulfone groups is 1. The Bertz CT molecular complexity index is 2800. The summed E-state index contributed by atoms with van der Waals surface area (Å²) in [6, 6.07) is 28.1. The van der Waals surface area contributed by atoms with Crippen LogP contribution in [0.15, 0.2) is 109 Å². The van der Waals surface area contributed by atoms with Crippen molar-refractivity contribution in [3.63, 3.8) is 0 Å². The van der Waals surface area contributed by atoms with E-state index in [1.807, 2.05) is 30.5 Å². The molecule has 0 aliphatic carbocycles. The number of nitrogens with one attached hydrogen (secondary N) is 2. The molecule has 0 atom stereocenters. The number of fused-ring (bicyclic) bond motifs is 2. The molecule has 64 heavy (non-hydrogen) atoms. The highest BCUT2D eigenvalue weighted by molar-refractivity contribution is 7.91. The van der Waals surface area contributed by atoms with Crippen LogP contribution in [-0.4, -0.2) is 77.7 Å². The van der Waals surface area contributed by atoms with Crippen molar-refractivity contribution in [3.8, 4) is 5.75 Å². The summed E-state index contributed by atoms with van der Waals surface area (Å²) < 4.78 is 67.0. The second-order valence-corrected chi connectivity index (χ2v) is 19.2. The zero-order valence-electron chi connectivity index (χ0n) is 34.9. The van der Waals surface area contributed by atoms with E-state index in [-0.39, 0.29) is 29.1 Å². The van der Waals surface area contributed by atoms with Crippen LogP contribution in [0.2, 0.25) is 5.02 Å². The van der Waals surface area contributed by atoms with Crippen molar-refractivity contribution in [1.29, 1.82) is 0 Å². The standard InChI is InChI=1S/C29H28ClF3N4O2.C17H18N4O2S2/c1-2-25-27(37-18-22(30)7-12-26(37)35-25)28(38)34-17-19-3-8-23(9-4-19)36-15-13-21(14-16-36)20-5-10-24(11-6-20)39-29(31,32)33;22-25(23)9-6-21(7-10-25)14-3-1-13(2-4-14)11-18-17-16-15(5-8-24-16)19-12-20-17/h3-12,18,21H,2,13-17H2,1H3,(H,34,38);1-5,8,12H,6-7,9-11H2,(H,18,19,20). The molecule has 0 unspecified atom stereocenters. The number of amides is 1. The van der Waals surface area contributed by atoms with E-state index >= 15 is 0 Å². The predicted octanol–water partition coefficient (Wildman–Crippen LogP) is 9.30. The lowest BCUT2D eigenvalue weighted by Crippen LogP contribution is -2.40. The first kappa shape index (κ1) is 44.7. The van der Waals surface area contributed by atoms with Gasteiger partial charge < -0.3 is 25.2 Å². The van der Waals surface area contributed by atoms with E-state index in [0.29, 0.717) is 49.0 Å². The van der Waals surface area contributed by atoms with Crippen molar-refractivity contribution >= 4 is 71.7 Å². The Labute approximate surface area is 378 Å². The number of piperidine rings is 1. The molecule has 4 aromatic heterocycles. The Morgan fingerprint density at radius 3 is 2.12 bits per heavy atom. The maximum absolute atomic E-state index is 13.0. The van der Waals surface area contributed by atoms with Gasteiger partial charge in [-0.25, -0.2) is 23.4 Å². The lowest BCUT2D eigenvalue weighted by Gasteiger charge is -2.34. The van der Waals surface area contributed by atoms with Gasteiger partial charge in [0.05, 0.1) is 32.4 Å². The van der Waals surface area contributed by atoms with Gasteiger partial charge in [0, 0.05) is 56.8 Å². The number of ether oxygens (including phenoxy) is 1. The molecule has 1 amide bonds. The molecule has 0 spiro atoms. The van der Waals surface area contributed by atoms with E-state index in [2.05, 4.69) is 76.5 Å². The number of nitrogens with zero attached hydrogens (tertiary/aromatic N) is 6. The van der Waals surface area contributed by atoms with Crippen LogP contribution in [-0.2, 0) is 29.3 Å². The highest BCUT2D eigenvalue weighted by atomic mass is 35.5. The molecule has 2 aliphatic heterocycles. The molecular weight excluding hydrogens is 885 g/mol. The SMILES string of the molecule is CCc1nc2ccc(Cl)cn2c1C(=O)NCc1ccc(N2CCC(c3ccc(OC(F)(F)F)cc3)CC2)cc1.O=S1(=O)CCN(c2ccc(CNc3ncnc4ccsc34)cc2)CC1. The minimum atomic E-state index is -4.68. The Morgan fingerprint density at radius 1 is 0.844 bits per heavy atom. The summed E-state index contributed by atoms with van der Waals surface area (Å²) in [7, 11) is -2.85. The van der Waals surface area contributed by atoms with E-state index in [4.69, 9.17) is 11.6 Å². The van der Waals surface area contributed by atoms with Gasteiger partial charge in [0.2, 0.25) is 0 Å². The van der Waals surface area contributed by atoms with Gasteiger partial charge in [0.1, 0.15) is 29.2 Å². The van der Waals surface area contributed by atoms with Crippen molar-refractivity contribution in [3.05, 3.63) is 142 Å². The third-order valence-corrected chi connectivity index (χ3v) is 14.1. The lowest BCUT2D eigenvalue weighted by atomic mass is 9.89. The number of anilines is 3. The second-order valence-electron chi connectivity index (χ2n) is 15.6. The number of halogens is 4. The highest BCUT2D eigenvalue weighted by Crippen LogP contribution is 2.33. The van der Waals surface area contributed by atoms with Gasteiger partial charge in [-0.15, -0.1) is 24.5 Å². The van der Waals surface area contributed by atoms with Crippen LogP contribution in [0.25, 0.3) is 15.9 Å². The molecule has 9 rings (SSSR count). The van der Waals surface area contributed by atoms with Crippen molar-refractivity contribution in [2.75, 3.05) is 52.8 Å². The Hall–Kier alpha value is -5.91. The normalized spacial score (nSPS) is 15.5. The number of carbonyl (C=O) groups excluding carboxylic acids is 1. The monoisotopic (exact) mass is 930 g/mol. The first-order valence-electron chi connectivity index (χ1n) is 20.9. The largest absolute Gasteiger partial charge is 0.573 e. The van der Waals surface area contributed by atoms with Gasteiger partial charge in [-0.3, -0.25) is 9.20 Å². The number of hydrogen-bond donors (Lipinski definition) is 2. The molecular formula is C46H46ClF3N8O4S2. The summed E-state index contributed by atoms with van der Waals surface area (Å²) in [6.07, 6.45) is 1.03. The minimum Gasteiger partial charge on any atom is -0.406 e. The van der Waals surface area contributed by atoms with Crippen LogP contribution in [0.5, 0.6) is 5.75 Å². The van der Waals surface area contributed by atoms with Gasteiger partial charge in [0.25, 0.3) is 5.91 Å². The minimum absolute atomic E-state index is 0.200. The zero-order valence-corrected chi connectivity index (χ0v) is 37.3. The highest BCUT2D eigenvalue weighted by Gasteiger charge is 2.31. The molecule has 7 aromatic rings. The van der Waals surface area contributed by atoms with Gasteiger partial charge in [-0.05, 0) is 102 Å². The van der Waals surface area contributed by atoms with Crippen LogP contribution in [0, 0.1) is 0 Å². The molecule has 18 heteroatoms. The van der Waals surface area contributed by atoms with Crippen LogP contribution in [0.4, 0.5) is 30.4 Å².